The van der Waals surface area contributed by atoms with Gasteiger partial charge >= 0.3 is 0 Å². The van der Waals surface area contributed by atoms with E-state index in [9.17, 15) is 0 Å². The first-order chi connectivity index (χ1) is 11.3. The van der Waals surface area contributed by atoms with Crippen molar-refractivity contribution in [1.82, 2.24) is 9.88 Å². The highest BCUT2D eigenvalue weighted by Crippen LogP contribution is 2.32. The fourth-order valence-corrected chi connectivity index (χ4v) is 3.65. The van der Waals surface area contributed by atoms with Crippen LogP contribution in [0.2, 0.25) is 0 Å². The van der Waals surface area contributed by atoms with Crippen LogP contribution in [0.3, 0.4) is 0 Å². The Morgan fingerprint density at radius 2 is 2.30 bits per heavy atom. The van der Waals surface area contributed by atoms with Gasteiger partial charge in [0.1, 0.15) is 29.5 Å². The number of furan rings is 1. The number of aryl methyl sites for hydroxylation is 1. The van der Waals surface area contributed by atoms with Gasteiger partial charge in [-0.3, -0.25) is 9.88 Å². The molecule has 0 bridgehead atoms. The molecule has 2 aliphatic rings. The Bertz CT molecular complexity index is 643. The molecule has 0 radical (unpaired) electrons. The number of rotatable bonds is 4. The summed E-state index contributed by atoms with van der Waals surface area (Å²) < 4.78 is 17.9. The van der Waals surface area contributed by atoms with Crippen molar-refractivity contribution in [3.8, 4) is 5.75 Å². The Morgan fingerprint density at radius 1 is 1.35 bits per heavy atom. The monoisotopic (exact) mass is 314 g/mol. The van der Waals surface area contributed by atoms with E-state index in [0.717, 1.165) is 49.8 Å². The molecule has 5 nitrogen and oxygen atoms in total. The van der Waals surface area contributed by atoms with Crippen LogP contribution in [0.15, 0.2) is 41.1 Å². The zero-order valence-corrected chi connectivity index (χ0v) is 13.4. The molecule has 0 spiro atoms. The number of fused-ring (bicyclic) bond motifs is 1. The minimum Gasteiger partial charge on any atom is -0.485 e. The molecule has 4 rings (SSSR count). The van der Waals surface area contributed by atoms with E-state index < -0.39 is 0 Å². The number of ether oxygens (including phenoxy) is 2. The third-order valence-electron chi connectivity index (χ3n) is 4.66. The molecule has 0 saturated carbocycles. The van der Waals surface area contributed by atoms with E-state index in [0.29, 0.717) is 6.04 Å². The van der Waals surface area contributed by atoms with E-state index in [-0.39, 0.29) is 12.2 Å². The first-order valence-electron chi connectivity index (χ1n) is 8.27. The van der Waals surface area contributed by atoms with Gasteiger partial charge in [0.25, 0.3) is 0 Å². The summed E-state index contributed by atoms with van der Waals surface area (Å²) in [6.07, 6.45) is 5.94. The van der Waals surface area contributed by atoms with E-state index in [1.807, 2.05) is 25.1 Å². The van der Waals surface area contributed by atoms with E-state index in [4.69, 9.17) is 13.9 Å². The van der Waals surface area contributed by atoms with E-state index >= 15 is 0 Å². The van der Waals surface area contributed by atoms with E-state index in [2.05, 4.69) is 16.0 Å². The number of likely N-dealkylation sites (tertiary alicyclic amines) is 1. The predicted octanol–water partition coefficient (Wildman–Crippen LogP) is 2.79. The Morgan fingerprint density at radius 3 is 3.09 bits per heavy atom. The maximum Gasteiger partial charge on any atom is 0.139 e. The van der Waals surface area contributed by atoms with Crippen LogP contribution in [0.4, 0.5) is 0 Å². The quantitative estimate of drug-likeness (QED) is 0.868. The molecule has 2 saturated heterocycles. The van der Waals surface area contributed by atoms with Gasteiger partial charge in [0.05, 0.1) is 12.7 Å². The second kappa shape index (κ2) is 6.34. The van der Waals surface area contributed by atoms with Crippen LogP contribution in [0.25, 0.3) is 0 Å². The van der Waals surface area contributed by atoms with Crippen LogP contribution in [-0.4, -0.2) is 41.3 Å². The average Bonchev–Trinajstić information content (AvgIpc) is 3.14. The van der Waals surface area contributed by atoms with Gasteiger partial charge in [-0.05, 0) is 44.0 Å². The maximum atomic E-state index is 6.16. The summed E-state index contributed by atoms with van der Waals surface area (Å²) in [5.41, 5.74) is 0. The molecule has 0 unspecified atom stereocenters. The summed E-state index contributed by atoms with van der Waals surface area (Å²) in [6.45, 7) is 4.46. The molecule has 2 aromatic heterocycles. The third-order valence-corrected chi connectivity index (χ3v) is 4.66. The number of hydrogen-bond acceptors (Lipinski definition) is 5. The summed E-state index contributed by atoms with van der Waals surface area (Å²) in [7, 11) is 0. The summed E-state index contributed by atoms with van der Waals surface area (Å²) in [5.74, 6) is 2.77. The molecule has 23 heavy (non-hydrogen) atoms. The number of nitrogens with zero attached hydrogens (tertiary/aromatic N) is 2. The summed E-state index contributed by atoms with van der Waals surface area (Å²) in [5, 5.41) is 0. The minimum absolute atomic E-state index is 0.0422. The Hall–Kier alpha value is -1.85. The zero-order valence-electron chi connectivity index (χ0n) is 13.4. The maximum absolute atomic E-state index is 6.16. The fraction of sp³-hybridized carbons (Fsp3) is 0.500. The van der Waals surface area contributed by atoms with Gasteiger partial charge in [-0.2, -0.15) is 0 Å². The Kier molecular flexibility index (Phi) is 4.06. The highest BCUT2D eigenvalue weighted by molar-refractivity contribution is 5.17. The lowest BCUT2D eigenvalue weighted by molar-refractivity contribution is -0.0476. The van der Waals surface area contributed by atoms with Crippen LogP contribution in [0.5, 0.6) is 5.75 Å². The fourth-order valence-electron chi connectivity index (χ4n) is 3.65. The van der Waals surface area contributed by atoms with Crippen molar-refractivity contribution in [2.75, 3.05) is 13.2 Å². The van der Waals surface area contributed by atoms with Crippen molar-refractivity contribution in [3.05, 3.63) is 48.2 Å². The lowest BCUT2D eigenvalue weighted by Gasteiger charge is -2.31. The van der Waals surface area contributed by atoms with Gasteiger partial charge in [-0.1, -0.05) is 0 Å². The van der Waals surface area contributed by atoms with Crippen LogP contribution in [0, 0.1) is 6.92 Å². The number of hydrogen-bond donors (Lipinski definition) is 0. The van der Waals surface area contributed by atoms with Gasteiger partial charge in [0, 0.05) is 25.4 Å². The normalized spacial score (nSPS) is 27.8. The van der Waals surface area contributed by atoms with Gasteiger partial charge < -0.3 is 13.9 Å². The van der Waals surface area contributed by atoms with Gasteiger partial charge in [0.2, 0.25) is 0 Å². The van der Waals surface area contributed by atoms with Crippen molar-refractivity contribution < 1.29 is 13.9 Å². The molecule has 0 aromatic carbocycles. The Labute approximate surface area is 136 Å². The van der Waals surface area contributed by atoms with Crippen LogP contribution in [0.1, 0.15) is 24.4 Å². The second-order valence-electron chi connectivity index (χ2n) is 6.33. The van der Waals surface area contributed by atoms with Gasteiger partial charge in [-0.15, -0.1) is 0 Å². The summed E-state index contributed by atoms with van der Waals surface area (Å²) >= 11 is 0. The van der Waals surface area contributed by atoms with Gasteiger partial charge in [-0.25, -0.2) is 0 Å². The first-order valence-corrected chi connectivity index (χ1v) is 8.27. The highest BCUT2D eigenvalue weighted by atomic mass is 16.5. The van der Waals surface area contributed by atoms with Crippen molar-refractivity contribution in [3.63, 3.8) is 0 Å². The molecule has 4 heterocycles. The molecule has 2 aromatic rings. The van der Waals surface area contributed by atoms with Crippen molar-refractivity contribution in [2.45, 2.75) is 44.6 Å². The van der Waals surface area contributed by atoms with Crippen molar-refractivity contribution >= 4 is 0 Å². The lowest BCUT2D eigenvalue weighted by atomic mass is 10.0. The molecular formula is C18H22N2O3. The van der Waals surface area contributed by atoms with Gasteiger partial charge in [0.15, 0.2) is 0 Å². The summed E-state index contributed by atoms with van der Waals surface area (Å²) in [4.78, 5) is 6.56. The van der Waals surface area contributed by atoms with E-state index in [1.54, 1.807) is 12.4 Å². The minimum atomic E-state index is 0.0422. The lowest BCUT2D eigenvalue weighted by Crippen LogP contribution is -2.42. The molecule has 2 aliphatic heterocycles. The molecule has 0 aliphatic carbocycles. The molecule has 5 heteroatoms. The molecule has 0 N–H and O–H groups in total. The summed E-state index contributed by atoms with van der Waals surface area (Å²) in [6, 6.07) is 8.32. The SMILES string of the molecule is Cc1ccc(CN2C[C@H](Oc3cccnc3)[C@H]3OCCC[C@@H]32)o1. The standard InChI is InChI=1S/C18H22N2O3/c1-13-6-7-15(22-13)11-20-12-17(18-16(20)5-3-9-21-18)23-14-4-2-8-19-10-14/h2,4,6-8,10,16-18H,3,5,9,11-12H2,1H3/t16-,17-,18-/m0/s1. The van der Waals surface area contributed by atoms with Crippen molar-refractivity contribution in [1.29, 1.82) is 0 Å². The second-order valence-corrected chi connectivity index (χ2v) is 6.33. The topological polar surface area (TPSA) is 47.7 Å². The zero-order chi connectivity index (χ0) is 15.6. The largest absolute Gasteiger partial charge is 0.485 e. The number of pyridine rings is 1. The molecular weight excluding hydrogens is 292 g/mol. The molecule has 2 fully saturated rings. The van der Waals surface area contributed by atoms with Crippen LogP contribution >= 0.6 is 0 Å². The smallest absolute Gasteiger partial charge is 0.139 e. The molecule has 0 amide bonds. The highest BCUT2D eigenvalue weighted by Gasteiger charge is 2.45. The van der Waals surface area contributed by atoms with Crippen LogP contribution in [-0.2, 0) is 11.3 Å². The van der Waals surface area contributed by atoms with E-state index in [1.165, 1.54) is 0 Å². The van der Waals surface area contributed by atoms with Crippen LogP contribution < -0.4 is 4.74 Å². The average molecular weight is 314 g/mol. The van der Waals surface area contributed by atoms with Crippen molar-refractivity contribution in [2.24, 2.45) is 0 Å². The molecule has 3 atom stereocenters. The first kappa shape index (κ1) is 14.7. The number of aromatic nitrogens is 1. The molecule has 122 valence electrons. The third kappa shape index (κ3) is 3.12. The Balaban J connectivity index is 1.49. The predicted molar refractivity (Wildman–Crippen MR) is 85.3 cm³/mol.